The Hall–Kier alpha value is -4.49. The molecule has 0 unspecified atom stereocenters. The molecule has 0 aliphatic carbocycles. The molecule has 2 aromatic carbocycles. The number of pyridine rings is 2. The fourth-order valence-electron chi connectivity index (χ4n) is 3.60. The van der Waals surface area contributed by atoms with Crippen molar-refractivity contribution in [2.45, 2.75) is 13.8 Å². The molecule has 2 aromatic heterocycles. The van der Waals surface area contributed by atoms with E-state index in [1.807, 2.05) is 0 Å². The van der Waals surface area contributed by atoms with Gasteiger partial charge in [-0.15, -0.1) is 0 Å². The molecule has 21 heteroatoms. The summed E-state index contributed by atoms with van der Waals surface area (Å²) in [5, 5.41) is 31.7. The zero-order chi connectivity index (χ0) is 38.4. The monoisotopic (exact) mass is 896 g/mol. The molecule has 0 atom stereocenters. The highest BCUT2D eigenvalue weighted by atomic mass is 79.9. The van der Waals surface area contributed by atoms with Crippen molar-refractivity contribution >= 4 is 90.0 Å². The Labute approximate surface area is 321 Å². The number of benzene rings is 2. The van der Waals surface area contributed by atoms with Crippen LogP contribution in [0.4, 0.5) is 11.4 Å². The van der Waals surface area contributed by atoms with Crippen LogP contribution in [0.25, 0.3) is 0 Å². The molecular weight excluding hydrogens is 875 g/mol. The van der Waals surface area contributed by atoms with Crippen LogP contribution in [-0.2, 0) is 9.47 Å². The van der Waals surface area contributed by atoms with E-state index in [1.165, 1.54) is 32.4 Å². The lowest BCUT2D eigenvalue weighted by molar-refractivity contribution is -0.387. The van der Waals surface area contributed by atoms with Crippen LogP contribution in [0.2, 0.25) is 15.1 Å². The number of carbonyl (C=O) groups is 2. The van der Waals surface area contributed by atoms with Crippen molar-refractivity contribution in [1.82, 2.24) is 9.97 Å². The third-order valence-electron chi connectivity index (χ3n) is 5.58. The van der Waals surface area contributed by atoms with Crippen LogP contribution in [0.3, 0.4) is 0 Å². The Morgan fingerprint density at radius 2 is 1.24 bits per heavy atom. The van der Waals surface area contributed by atoms with Gasteiger partial charge < -0.3 is 28.8 Å². The van der Waals surface area contributed by atoms with Crippen molar-refractivity contribution < 1.29 is 48.2 Å². The van der Waals surface area contributed by atoms with Gasteiger partial charge in [0.1, 0.15) is 27.6 Å². The molecule has 4 rings (SSSR count). The lowest BCUT2D eigenvalue weighted by Gasteiger charge is -2.12. The molecule has 0 aliphatic heterocycles. The molecule has 51 heavy (non-hydrogen) atoms. The van der Waals surface area contributed by atoms with E-state index in [-0.39, 0.29) is 58.4 Å². The second-order valence-electron chi connectivity index (χ2n) is 8.99. The van der Waals surface area contributed by atoms with E-state index in [0.717, 1.165) is 16.9 Å². The third-order valence-corrected chi connectivity index (χ3v) is 7.31. The molecule has 2 heterocycles. The predicted octanol–water partition coefficient (Wildman–Crippen LogP) is 9.02. The van der Waals surface area contributed by atoms with Crippen molar-refractivity contribution in [2.75, 3.05) is 27.4 Å². The first kappa shape index (κ1) is 42.7. The second kappa shape index (κ2) is 20.4. The van der Waals surface area contributed by atoms with Crippen molar-refractivity contribution in [1.29, 1.82) is 0 Å². The van der Waals surface area contributed by atoms with E-state index >= 15 is 0 Å². The number of halogens is 5. The van der Waals surface area contributed by atoms with Gasteiger partial charge in [-0.25, -0.2) is 19.6 Å². The summed E-state index contributed by atoms with van der Waals surface area (Å²) in [5.41, 5.74) is -1.52. The van der Waals surface area contributed by atoms with Crippen LogP contribution < -0.4 is 14.2 Å². The molecule has 0 spiro atoms. The van der Waals surface area contributed by atoms with Crippen molar-refractivity contribution in [3.8, 4) is 29.0 Å². The number of methoxy groups -OCH3 is 2. The minimum Gasteiger partial charge on any atom is -0.508 e. The van der Waals surface area contributed by atoms with Crippen LogP contribution in [0.15, 0.2) is 57.7 Å². The number of carbonyl (C=O) groups excluding carboxylic acids is 2. The van der Waals surface area contributed by atoms with E-state index in [4.69, 9.17) is 63.6 Å². The molecular formula is C30H25Br2Cl3N4O12. The van der Waals surface area contributed by atoms with E-state index in [9.17, 15) is 29.8 Å². The van der Waals surface area contributed by atoms with Gasteiger partial charge in [0.15, 0.2) is 0 Å². The standard InChI is InChI=1S/C15H12BrClN2O6.C9H9ClN2O5.C6H4BrClO/c1-3-24-15(20)11-7-18-14(23-2)12(19(21)22)13(11)25-10-5-8(16)4-9(17)6-10;1-3-17-9(13)5-4-11-8(16-2)7(6(5)10)12(14)15;7-4-1-5(8)3-6(9)2-4/h4-7H,3H2,1-2H3;4H,3H2,1-2H3;1-3,9H. The first-order valence-corrected chi connectivity index (χ1v) is 16.5. The van der Waals surface area contributed by atoms with Gasteiger partial charge in [-0.2, -0.15) is 0 Å². The lowest BCUT2D eigenvalue weighted by Crippen LogP contribution is -2.10. The van der Waals surface area contributed by atoms with Crippen molar-refractivity contribution in [2.24, 2.45) is 0 Å². The summed E-state index contributed by atoms with van der Waals surface area (Å²) in [6.45, 7) is 3.44. The predicted molar refractivity (Wildman–Crippen MR) is 192 cm³/mol. The van der Waals surface area contributed by atoms with Crippen LogP contribution >= 0.6 is 66.7 Å². The van der Waals surface area contributed by atoms with Gasteiger partial charge in [0.2, 0.25) is 5.75 Å². The normalized spacial score (nSPS) is 9.98. The third kappa shape index (κ3) is 12.4. The summed E-state index contributed by atoms with van der Waals surface area (Å²) in [4.78, 5) is 51.7. The van der Waals surface area contributed by atoms with Gasteiger partial charge in [0.05, 0.1) is 37.3 Å². The number of ether oxygens (including phenoxy) is 5. The summed E-state index contributed by atoms with van der Waals surface area (Å²) < 4.78 is 26.2. The van der Waals surface area contributed by atoms with Gasteiger partial charge in [0, 0.05) is 31.4 Å². The van der Waals surface area contributed by atoms with Crippen molar-refractivity contribution in [3.05, 3.63) is 104 Å². The number of aromatic hydroxyl groups is 1. The summed E-state index contributed by atoms with van der Waals surface area (Å²) in [5.74, 6) is -2.12. The molecule has 0 bridgehead atoms. The molecule has 0 saturated carbocycles. The summed E-state index contributed by atoms with van der Waals surface area (Å²) in [6.07, 6.45) is 2.17. The molecule has 0 saturated heterocycles. The minimum atomic E-state index is -0.808. The maximum absolute atomic E-state index is 12.1. The van der Waals surface area contributed by atoms with Crippen LogP contribution in [0, 0.1) is 20.2 Å². The molecule has 0 aliphatic rings. The fourth-order valence-corrected chi connectivity index (χ4v) is 5.55. The van der Waals surface area contributed by atoms with Crippen LogP contribution in [-0.4, -0.2) is 64.3 Å². The van der Waals surface area contributed by atoms with Gasteiger partial charge in [-0.1, -0.05) is 66.7 Å². The Bertz CT molecular complexity index is 1850. The Kier molecular flexibility index (Phi) is 17.1. The molecule has 0 radical (unpaired) electrons. The maximum atomic E-state index is 12.1. The number of rotatable bonds is 10. The lowest BCUT2D eigenvalue weighted by atomic mass is 10.2. The van der Waals surface area contributed by atoms with E-state index in [0.29, 0.717) is 14.5 Å². The summed E-state index contributed by atoms with van der Waals surface area (Å²) in [7, 11) is 2.44. The number of phenols is 1. The average Bonchev–Trinajstić information content (AvgIpc) is 3.03. The first-order valence-electron chi connectivity index (χ1n) is 13.8. The Morgan fingerprint density at radius 1 is 0.765 bits per heavy atom. The van der Waals surface area contributed by atoms with E-state index in [1.54, 1.807) is 32.0 Å². The fraction of sp³-hybridized carbons (Fsp3) is 0.200. The number of hydrogen-bond donors (Lipinski definition) is 1. The smallest absolute Gasteiger partial charge is 0.373 e. The van der Waals surface area contributed by atoms with Crippen molar-refractivity contribution in [3.63, 3.8) is 0 Å². The highest BCUT2D eigenvalue weighted by Gasteiger charge is 2.32. The van der Waals surface area contributed by atoms with Crippen LogP contribution in [0.1, 0.15) is 34.6 Å². The van der Waals surface area contributed by atoms with Gasteiger partial charge in [0.25, 0.3) is 11.8 Å². The quantitative estimate of drug-likeness (QED) is 0.0894. The molecule has 1 N–H and O–H groups in total. The molecule has 0 amide bonds. The largest absolute Gasteiger partial charge is 0.508 e. The highest BCUT2D eigenvalue weighted by molar-refractivity contribution is 9.10. The van der Waals surface area contributed by atoms with E-state index < -0.39 is 33.2 Å². The number of esters is 2. The van der Waals surface area contributed by atoms with Gasteiger partial charge in [-0.3, -0.25) is 20.2 Å². The second-order valence-corrected chi connectivity index (χ2v) is 12.1. The maximum Gasteiger partial charge on any atom is 0.373 e. The van der Waals surface area contributed by atoms with Gasteiger partial charge >= 0.3 is 23.3 Å². The molecule has 272 valence electrons. The Balaban J connectivity index is 0.000000297. The molecule has 0 fully saturated rings. The number of phenolic OH excluding ortho intramolecular Hbond substituents is 1. The Morgan fingerprint density at radius 3 is 1.69 bits per heavy atom. The van der Waals surface area contributed by atoms with E-state index in [2.05, 4.69) is 41.8 Å². The first-order chi connectivity index (χ1) is 24.1. The minimum absolute atomic E-state index is 0.0841. The van der Waals surface area contributed by atoms with Crippen LogP contribution in [0.5, 0.6) is 29.0 Å². The topological polar surface area (TPSA) is 213 Å². The number of hydrogen-bond acceptors (Lipinski definition) is 14. The zero-order valence-electron chi connectivity index (χ0n) is 26.6. The number of aromatic nitrogens is 2. The molecule has 16 nitrogen and oxygen atoms in total. The summed E-state index contributed by atoms with van der Waals surface area (Å²) >= 11 is 23.7. The number of nitrogens with zero attached hydrogens (tertiary/aromatic N) is 4. The van der Waals surface area contributed by atoms with Gasteiger partial charge in [-0.05, 0) is 50.2 Å². The average molecular weight is 900 g/mol. The molecule has 4 aromatic rings. The zero-order valence-corrected chi connectivity index (χ0v) is 32.1. The number of nitro groups is 2. The summed E-state index contributed by atoms with van der Waals surface area (Å²) in [6, 6.07) is 9.36. The SMILES string of the molecule is CCOC(=O)c1cnc(OC)c([N+](=O)[O-])c1Cl.CCOC(=O)c1cnc(OC)c([N+](=O)[O-])c1Oc1cc(Cl)cc(Br)c1.Oc1cc(Cl)cc(Br)c1. The highest BCUT2D eigenvalue weighted by Crippen LogP contribution is 2.41.